The average molecular weight is 917 g/mol. The molecule has 3 fully saturated rings. The monoisotopic (exact) mass is 916 g/mol. The van der Waals surface area contributed by atoms with Gasteiger partial charge in [-0.05, 0) is 54.8 Å². The summed E-state index contributed by atoms with van der Waals surface area (Å²) in [6, 6.07) is 22.9. The standard InChI is InChI=1S/C47H51NO14.Cu/c1-25-31(60-43(56)36(52)35(28-16-10-7-11-17-28)48-41(54)29-18-12-8-13-19-29)23-47(57)40(61-42(55)30-20-14-9-15-21-30)38-45(6,32(51)22-33-46(38,24-58-33)62-27(3)50)39(53)37(59-26(2)49)34(25)44(47,4)5;/h7-21,31-33,35-38,40,51-52,57H,22-24H2,1-6H3,(H,48,54);/t31-,32-,33+,35-,36+,37+,38-,40-,45+,46-,47+;/m0./s1. The molecule has 4 aliphatic rings. The minimum atomic E-state index is -2.39. The number of aliphatic hydroxyl groups is 3. The Kier molecular flexibility index (Phi) is 13.3. The Balaban J connectivity index is 0.00000661. The van der Waals surface area contributed by atoms with Crippen molar-refractivity contribution in [3.8, 4) is 0 Å². The van der Waals surface area contributed by atoms with Crippen molar-refractivity contribution in [3.63, 3.8) is 0 Å². The van der Waals surface area contributed by atoms with E-state index in [4.69, 9.17) is 23.7 Å². The van der Waals surface area contributed by atoms with Crippen LogP contribution in [0.2, 0.25) is 0 Å². The van der Waals surface area contributed by atoms with Crippen LogP contribution in [0.4, 0.5) is 0 Å². The molecule has 15 nitrogen and oxygen atoms in total. The zero-order chi connectivity index (χ0) is 44.9. The van der Waals surface area contributed by atoms with E-state index in [9.17, 15) is 39.3 Å². The predicted octanol–water partition coefficient (Wildman–Crippen LogP) is 3.73. The third-order valence-corrected chi connectivity index (χ3v) is 13.5. The van der Waals surface area contributed by atoms with Crippen LogP contribution in [0, 0.1) is 16.7 Å². The van der Waals surface area contributed by atoms with Crippen LogP contribution in [0.1, 0.15) is 86.7 Å². The first-order valence-electron chi connectivity index (χ1n) is 20.5. The van der Waals surface area contributed by atoms with E-state index in [1.807, 2.05) is 0 Å². The van der Waals surface area contributed by atoms with Gasteiger partial charge in [0.15, 0.2) is 23.6 Å². The Morgan fingerprint density at radius 1 is 0.825 bits per heavy atom. The number of ketones is 1. The van der Waals surface area contributed by atoms with Crippen molar-refractivity contribution >= 4 is 35.6 Å². The molecular formula is C47H51CuNO14. The van der Waals surface area contributed by atoms with Gasteiger partial charge in [0.2, 0.25) is 0 Å². The van der Waals surface area contributed by atoms with Gasteiger partial charge in [0.05, 0.1) is 35.6 Å². The van der Waals surface area contributed by atoms with E-state index in [0.717, 1.165) is 13.8 Å². The number of carbonyl (C=O) groups is 6. The fraction of sp³-hybridized carbons (Fsp3) is 0.447. The van der Waals surface area contributed by atoms with Gasteiger partial charge >= 0.3 is 23.9 Å². The predicted molar refractivity (Wildman–Crippen MR) is 218 cm³/mol. The van der Waals surface area contributed by atoms with E-state index in [2.05, 4.69) is 5.32 Å². The number of Topliss-reactive ketones (excluding diaryl/α,β-unsaturated/α-hetero) is 1. The number of hydrogen-bond acceptors (Lipinski definition) is 14. The molecule has 2 bridgehead atoms. The normalized spacial score (nSPS) is 31.3. The molecule has 0 unspecified atom stereocenters. The maximum absolute atomic E-state index is 15.5. The van der Waals surface area contributed by atoms with Crippen molar-refractivity contribution < 1.29 is 84.8 Å². The number of hydrogen-bond donors (Lipinski definition) is 4. The zero-order valence-electron chi connectivity index (χ0n) is 35.5. The molecule has 339 valence electrons. The van der Waals surface area contributed by atoms with Gasteiger partial charge in [-0.25, -0.2) is 9.59 Å². The average Bonchev–Trinajstić information content (AvgIpc) is 3.24. The zero-order valence-corrected chi connectivity index (χ0v) is 36.5. The van der Waals surface area contributed by atoms with Crippen molar-refractivity contribution in [2.75, 3.05) is 6.61 Å². The Morgan fingerprint density at radius 3 is 1.94 bits per heavy atom. The van der Waals surface area contributed by atoms with Gasteiger partial charge in [-0.2, -0.15) is 0 Å². The topological polar surface area (TPSA) is 221 Å². The van der Waals surface area contributed by atoms with Crippen LogP contribution in [-0.2, 0) is 59.9 Å². The SMILES string of the molecule is CC(=O)O[C@H]1C(=O)[C@@]2(C)[C@H]([C@H](OC(=O)c3ccccc3)[C@]3(O)C[C@H](OC(=O)[C@H](O)[C@@H](NC(=O)c4ccccc4)c4ccccc4)C(C)=C1C3(C)C)[C@]1(OC(C)=O)CO[C@@H]1C[C@@H]2O.[Cu]. The number of amides is 1. The molecule has 11 atom stereocenters. The van der Waals surface area contributed by atoms with Crippen molar-refractivity contribution in [3.05, 3.63) is 119 Å². The van der Waals surface area contributed by atoms with Crippen LogP contribution in [0.5, 0.6) is 0 Å². The molecule has 2 saturated carbocycles. The summed E-state index contributed by atoms with van der Waals surface area (Å²) in [5.74, 6) is -6.84. The Bertz CT molecular complexity index is 2290. The van der Waals surface area contributed by atoms with Gasteiger partial charge < -0.3 is 44.3 Å². The van der Waals surface area contributed by atoms with Crippen LogP contribution in [0.25, 0.3) is 0 Å². The van der Waals surface area contributed by atoms with Crippen molar-refractivity contribution in [2.24, 2.45) is 16.7 Å². The minimum Gasteiger partial charge on any atom is -0.456 e. The molecule has 1 amide bonds. The maximum Gasteiger partial charge on any atom is 0.338 e. The molecule has 3 aliphatic carbocycles. The van der Waals surface area contributed by atoms with Crippen molar-refractivity contribution in [1.29, 1.82) is 0 Å². The summed E-state index contributed by atoms with van der Waals surface area (Å²) in [4.78, 5) is 83.5. The number of fused-ring (bicyclic) bond motifs is 5. The fourth-order valence-corrected chi connectivity index (χ4v) is 10.2. The molecule has 1 radical (unpaired) electrons. The van der Waals surface area contributed by atoms with Gasteiger partial charge in [0.25, 0.3) is 5.91 Å². The van der Waals surface area contributed by atoms with Crippen LogP contribution in [0.15, 0.2) is 102 Å². The molecule has 0 aromatic heterocycles. The van der Waals surface area contributed by atoms with Crippen molar-refractivity contribution in [2.45, 2.75) is 108 Å². The van der Waals surface area contributed by atoms with Gasteiger partial charge in [-0.1, -0.05) is 80.6 Å². The first kappa shape index (κ1) is 47.3. The number of esters is 4. The first-order chi connectivity index (χ1) is 29.3. The van der Waals surface area contributed by atoms with E-state index in [1.54, 1.807) is 92.7 Å². The smallest absolute Gasteiger partial charge is 0.338 e. The van der Waals surface area contributed by atoms with Crippen LogP contribution < -0.4 is 5.32 Å². The first-order valence-corrected chi connectivity index (χ1v) is 20.5. The third kappa shape index (κ3) is 8.02. The third-order valence-electron chi connectivity index (χ3n) is 13.5. The summed E-state index contributed by atoms with van der Waals surface area (Å²) >= 11 is 0. The quantitative estimate of drug-likeness (QED) is 0.0986. The van der Waals surface area contributed by atoms with Crippen LogP contribution in [0.3, 0.4) is 0 Å². The molecule has 3 aromatic carbocycles. The summed E-state index contributed by atoms with van der Waals surface area (Å²) in [6.45, 7) is 7.97. The number of benzene rings is 3. The second-order valence-corrected chi connectivity index (χ2v) is 17.4. The number of rotatable bonds is 10. The largest absolute Gasteiger partial charge is 0.456 e. The second kappa shape index (κ2) is 17.7. The van der Waals surface area contributed by atoms with Gasteiger partial charge in [-0.3, -0.25) is 19.2 Å². The number of nitrogens with one attached hydrogen (secondary N) is 1. The van der Waals surface area contributed by atoms with E-state index in [0.29, 0.717) is 5.56 Å². The Labute approximate surface area is 374 Å². The molecular weight excluding hydrogens is 866 g/mol. The van der Waals surface area contributed by atoms with E-state index < -0.39 is 113 Å². The molecule has 7 rings (SSSR count). The van der Waals surface area contributed by atoms with Crippen LogP contribution in [-0.4, -0.2) is 105 Å². The molecule has 0 spiro atoms. The van der Waals surface area contributed by atoms with E-state index in [1.165, 1.54) is 26.0 Å². The van der Waals surface area contributed by atoms with Gasteiger partial charge in [0.1, 0.15) is 23.9 Å². The molecule has 16 heteroatoms. The number of carbonyl (C=O) groups excluding carboxylic acids is 6. The van der Waals surface area contributed by atoms with Crippen molar-refractivity contribution in [1.82, 2.24) is 5.32 Å². The number of aliphatic hydroxyl groups excluding tert-OH is 2. The molecule has 63 heavy (non-hydrogen) atoms. The molecule has 1 heterocycles. The summed E-state index contributed by atoms with van der Waals surface area (Å²) in [5, 5.41) is 40.2. The molecule has 1 saturated heterocycles. The van der Waals surface area contributed by atoms with Gasteiger partial charge in [-0.15, -0.1) is 0 Å². The maximum atomic E-state index is 15.5. The molecule has 3 aromatic rings. The Morgan fingerprint density at radius 2 is 1.40 bits per heavy atom. The molecule has 4 N–H and O–H groups in total. The second-order valence-electron chi connectivity index (χ2n) is 17.4. The fourth-order valence-electron chi connectivity index (χ4n) is 10.2. The summed E-state index contributed by atoms with van der Waals surface area (Å²) in [6.07, 6.45) is -10.5. The van der Waals surface area contributed by atoms with Crippen LogP contribution >= 0.6 is 0 Å². The number of ether oxygens (including phenoxy) is 5. The summed E-state index contributed by atoms with van der Waals surface area (Å²) in [5.41, 5.74) is -7.02. The van der Waals surface area contributed by atoms with E-state index >= 15 is 4.79 Å². The summed E-state index contributed by atoms with van der Waals surface area (Å²) in [7, 11) is 0. The molecule has 1 aliphatic heterocycles. The van der Waals surface area contributed by atoms with Gasteiger partial charge in [0, 0.05) is 54.7 Å². The minimum absolute atomic E-state index is 0. The summed E-state index contributed by atoms with van der Waals surface area (Å²) < 4.78 is 30.3. The Hall–Kier alpha value is -5.22. The van der Waals surface area contributed by atoms with E-state index in [-0.39, 0.29) is 52.4 Å².